The minimum atomic E-state index is -4.26. The molecule has 0 fully saturated rings. The number of aliphatic hydroxyl groups is 1. The van der Waals surface area contributed by atoms with E-state index in [2.05, 4.69) is 13.2 Å². The van der Waals surface area contributed by atoms with Gasteiger partial charge in [-0.15, -0.1) is 0 Å². The predicted octanol–water partition coefficient (Wildman–Crippen LogP) is 2.41. The van der Waals surface area contributed by atoms with E-state index in [-0.39, 0.29) is 10.7 Å². The largest absolute Gasteiger partial charge is 0.508 e. The van der Waals surface area contributed by atoms with Gasteiger partial charge in [0.05, 0.1) is 4.90 Å². The van der Waals surface area contributed by atoms with Gasteiger partial charge in [-0.2, -0.15) is 8.42 Å². The third-order valence-corrected chi connectivity index (χ3v) is 2.98. The Balaban J connectivity index is 3.63. The highest BCUT2D eigenvalue weighted by Crippen LogP contribution is 2.25. The predicted molar refractivity (Wildman–Crippen MR) is 62.7 cm³/mol. The van der Waals surface area contributed by atoms with Crippen LogP contribution in [0.4, 0.5) is 0 Å². The summed E-state index contributed by atoms with van der Waals surface area (Å²) in [6.45, 7) is 8.50. The van der Waals surface area contributed by atoms with Gasteiger partial charge in [-0.1, -0.05) is 19.2 Å². The number of benzene rings is 1. The Labute approximate surface area is 94.3 Å². The molecule has 86 valence electrons. The summed E-state index contributed by atoms with van der Waals surface area (Å²) in [6.07, 6.45) is 1.39. The van der Waals surface area contributed by atoms with Crippen LogP contribution in [-0.4, -0.2) is 18.1 Å². The molecule has 4 nitrogen and oxygen atoms in total. The van der Waals surface area contributed by atoms with E-state index >= 15 is 0 Å². The topological polar surface area (TPSA) is 74.6 Å². The van der Waals surface area contributed by atoms with E-state index in [4.69, 9.17) is 4.55 Å². The fourth-order valence-corrected chi connectivity index (χ4v) is 2.09. The molecule has 0 unspecified atom stereocenters. The highest BCUT2D eigenvalue weighted by atomic mass is 32.2. The van der Waals surface area contributed by atoms with Gasteiger partial charge in [0.2, 0.25) is 0 Å². The molecule has 0 atom stereocenters. The molecule has 0 heterocycles. The van der Waals surface area contributed by atoms with Crippen LogP contribution in [0.3, 0.4) is 0 Å². The first-order valence-corrected chi connectivity index (χ1v) is 5.84. The van der Waals surface area contributed by atoms with Gasteiger partial charge < -0.3 is 5.11 Å². The van der Waals surface area contributed by atoms with Crippen LogP contribution >= 0.6 is 0 Å². The van der Waals surface area contributed by atoms with Crippen molar-refractivity contribution in [3.8, 4) is 0 Å². The number of rotatable bonds is 3. The monoisotopic (exact) mass is 240 g/mol. The van der Waals surface area contributed by atoms with Gasteiger partial charge in [0.25, 0.3) is 10.1 Å². The summed E-state index contributed by atoms with van der Waals surface area (Å²) in [5.74, 6) is -0.172. The summed E-state index contributed by atoms with van der Waals surface area (Å²) < 4.78 is 30.9. The van der Waals surface area contributed by atoms with Gasteiger partial charge in [0.15, 0.2) is 0 Å². The van der Waals surface area contributed by atoms with Crippen molar-refractivity contribution in [1.29, 1.82) is 0 Å². The average Bonchev–Trinajstić information content (AvgIpc) is 2.14. The second kappa shape index (κ2) is 4.11. The van der Waals surface area contributed by atoms with E-state index in [9.17, 15) is 13.5 Å². The molecule has 0 aliphatic heterocycles. The molecule has 1 aromatic carbocycles. The Kier molecular flexibility index (Phi) is 3.21. The van der Waals surface area contributed by atoms with E-state index in [0.717, 1.165) is 0 Å². The summed E-state index contributed by atoms with van der Waals surface area (Å²) in [7, 11) is -4.26. The zero-order chi connectivity index (χ0) is 12.5. The third kappa shape index (κ3) is 2.32. The summed E-state index contributed by atoms with van der Waals surface area (Å²) in [4.78, 5) is -0.232. The molecular formula is C11H12O4S. The van der Waals surface area contributed by atoms with Gasteiger partial charge in [-0.05, 0) is 30.2 Å². The molecule has 0 aliphatic carbocycles. The molecule has 1 aromatic rings. The fraction of sp³-hybridized carbons (Fsp3) is 0.0909. The lowest BCUT2D eigenvalue weighted by molar-refractivity contribution is 0.482. The molecule has 0 bridgehead atoms. The van der Waals surface area contributed by atoms with Crippen molar-refractivity contribution in [2.24, 2.45) is 0 Å². The maximum atomic E-state index is 11.0. The molecule has 0 saturated heterocycles. The molecule has 0 aliphatic rings. The highest BCUT2D eigenvalue weighted by Gasteiger charge is 2.15. The molecule has 0 spiro atoms. The number of hydrogen-bond donors (Lipinski definition) is 2. The van der Waals surface area contributed by atoms with Gasteiger partial charge in [0.1, 0.15) is 5.76 Å². The first-order chi connectivity index (χ1) is 7.27. The van der Waals surface area contributed by atoms with Gasteiger partial charge in [-0.25, -0.2) is 0 Å². The van der Waals surface area contributed by atoms with E-state index < -0.39 is 10.1 Å². The fourth-order valence-electron chi connectivity index (χ4n) is 1.48. The first kappa shape index (κ1) is 12.5. The minimum absolute atomic E-state index is 0.172. The van der Waals surface area contributed by atoms with Crippen LogP contribution in [-0.2, 0) is 10.1 Å². The Morgan fingerprint density at radius 2 is 2.00 bits per heavy atom. The summed E-state index contributed by atoms with van der Waals surface area (Å²) in [5, 5.41) is 9.36. The lowest BCUT2D eigenvalue weighted by Gasteiger charge is -2.10. The van der Waals surface area contributed by atoms with Crippen molar-refractivity contribution in [2.45, 2.75) is 11.8 Å². The van der Waals surface area contributed by atoms with Gasteiger partial charge in [0, 0.05) is 5.56 Å². The molecular weight excluding hydrogens is 228 g/mol. The SMILES string of the molecule is C=Cc1cc(S(=O)(=O)O)cc(C)c1C(=C)O. The van der Waals surface area contributed by atoms with E-state index in [1.165, 1.54) is 18.2 Å². The minimum Gasteiger partial charge on any atom is -0.508 e. The molecule has 0 amide bonds. The number of hydrogen-bond acceptors (Lipinski definition) is 3. The second-order valence-corrected chi connectivity index (χ2v) is 4.75. The molecule has 1 rings (SSSR count). The Bertz CT molecular complexity index is 556. The maximum absolute atomic E-state index is 11.0. The van der Waals surface area contributed by atoms with Crippen LogP contribution in [0.2, 0.25) is 0 Å². The van der Waals surface area contributed by atoms with E-state index in [0.29, 0.717) is 16.7 Å². The summed E-state index contributed by atoms with van der Waals surface area (Å²) >= 11 is 0. The van der Waals surface area contributed by atoms with Crippen molar-refractivity contribution < 1.29 is 18.1 Å². The lowest BCUT2D eigenvalue weighted by atomic mass is 10.0. The average molecular weight is 240 g/mol. The lowest BCUT2D eigenvalue weighted by Crippen LogP contribution is -2.02. The summed E-state index contributed by atoms with van der Waals surface area (Å²) in [5.41, 5.74) is 1.32. The van der Waals surface area contributed by atoms with Crippen LogP contribution < -0.4 is 0 Å². The maximum Gasteiger partial charge on any atom is 0.294 e. The third-order valence-electron chi connectivity index (χ3n) is 2.15. The molecule has 2 N–H and O–H groups in total. The first-order valence-electron chi connectivity index (χ1n) is 4.40. The van der Waals surface area contributed by atoms with E-state index in [1.807, 2.05) is 0 Å². The van der Waals surface area contributed by atoms with Crippen LogP contribution in [0, 0.1) is 6.92 Å². The Hall–Kier alpha value is -1.59. The number of aryl methyl sites for hydroxylation is 1. The Morgan fingerprint density at radius 3 is 2.38 bits per heavy atom. The quantitative estimate of drug-likeness (QED) is 0.628. The molecule has 5 heteroatoms. The zero-order valence-corrected chi connectivity index (χ0v) is 9.58. The normalized spacial score (nSPS) is 11.1. The highest BCUT2D eigenvalue weighted by molar-refractivity contribution is 7.85. The Morgan fingerprint density at radius 1 is 1.44 bits per heavy atom. The van der Waals surface area contributed by atoms with Crippen LogP contribution in [0.25, 0.3) is 11.8 Å². The number of aliphatic hydroxyl groups excluding tert-OH is 1. The van der Waals surface area contributed by atoms with Crippen molar-refractivity contribution >= 4 is 22.0 Å². The zero-order valence-electron chi connectivity index (χ0n) is 8.77. The van der Waals surface area contributed by atoms with Crippen LogP contribution in [0.5, 0.6) is 0 Å². The summed E-state index contributed by atoms with van der Waals surface area (Å²) in [6, 6.07) is 2.49. The van der Waals surface area contributed by atoms with Gasteiger partial charge >= 0.3 is 0 Å². The second-order valence-electron chi connectivity index (χ2n) is 3.33. The van der Waals surface area contributed by atoms with E-state index in [1.54, 1.807) is 6.92 Å². The standard InChI is InChI=1S/C11H12O4S/c1-4-9-6-10(16(13,14)15)5-7(2)11(9)8(3)12/h4-6,12H,1,3H2,2H3,(H,13,14,15). The van der Waals surface area contributed by atoms with Crippen molar-refractivity contribution in [1.82, 2.24) is 0 Å². The molecule has 0 aromatic heterocycles. The molecule has 0 saturated carbocycles. The van der Waals surface area contributed by atoms with Crippen molar-refractivity contribution in [3.63, 3.8) is 0 Å². The molecule has 0 radical (unpaired) electrons. The molecule has 16 heavy (non-hydrogen) atoms. The van der Waals surface area contributed by atoms with Crippen LogP contribution in [0.15, 0.2) is 30.2 Å². The van der Waals surface area contributed by atoms with Gasteiger partial charge in [-0.3, -0.25) is 4.55 Å². The van der Waals surface area contributed by atoms with Crippen LogP contribution in [0.1, 0.15) is 16.7 Å². The van der Waals surface area contributed by atoms with Crippen molar-refractivity contribution in [3.05, 3.63) is 42.0 Å². The van der Waals surface area contributed by atoms with Crippen molar-refractivity contribution in [2.75, 3.05) is 0 Å². The smallest absolute Gasteiger partial charge is 0.294 e.